The van der Waals surface area contributed by atoms with Gasteiger partial charge in [-0.25, -0.2) is 19.3 Å². The summed E-state index contributed by atoms with van der Waals surface area (Å²) in [5.74, 6) is 0.287. The molecule has 0 atom stereocenters. The summed E-state index contributed by atoms with van der Waals surface area (Å²) in [6.07, 6.45) is 6.55. The number of aromatic nitrogens is 4. The minimum atomic E-state index is -0.471. The minimum Gasteiger partial charge on any atom is -0.306 e. The van der Waals surface area contributed by atoms with Crippen molar-refractivity contribution < 1.29 is 4.79 Å². The first kappa shape index (κ1) is 21.0. The number of carbonyl (C=O) groups is 1. The number of pyridine rings is 1. The SMILES string of the molecule is C=NN(/N=C\C)c1ncc(NC(=O)Nc2cnc3cc(Cl)nn3c2C2(C)CC2)cc1Cl. The second-order valence-corrected chi connectivity index (χ2v) is 8.03. The summed E-state index contributed by atoms with van der Waals surface area (Å²) >= 11 is 12.3. The molecule has 1 fully saturated rings. The van der Waals surface area contributed by atoms with Crippen molar-refractivity contribution in [3.63, 3.8) is 0 Å². The van der Waals surface area contributed by atoms with E-state index in [9.17, 15) is 4.79 Å². The number of nitrogens with one attached hydrogen (secondary N) is 2. The van der Waals surface area contributed by atoms with Crippen LogP contribution in [0.15, 0.2) is 34.7 Å². The topological polar surface area (TPSA) is 112 Å². The Morgan fingerprint density at radius 3 is 2.71 bits per heavy atom. The zero-order valence-electron chi connectivity index (χ0n) is 16.8. The van der Waals surface area contributed by atoms with Crippen LogP contribution >= 0.6 is 23.2 Å². The number of hydrogen-bond acceptors (Lipinski definition) is 7. The minimum absolute atomic E-state index is 0.105. The van der Waals surface area contributed by atoms with E-state index in [-0.39, 0.29) is 16.3 Å². The fourth-order valence-electron chi connectivity index (χ4n) is 3.20. The summed E-state index contributed by atoms with van der Waals surface area (Å²) in [6.45, 7) is 7.27. The molecule has 0 saturated heterocycles. The van der Waals surface area contributed by atoms with Gasteiger partial charge in [0.05, 0.1) is 34.5 Å². The highest BCUT2D eigenvalue weighted by Gasteiger charge is 2.43. The van der Waals surface area contributed by atoms with Gasteiger partial charge in [0.2, 0.25) is 0 Å². The second-order valence-electron chi connectivity index (χ2n) is 7.23. The van der Waals surface area contributed by atoms with Crippen molar-refractivity contribution in [1.29, 1.82) is 0 Å². The van der Waals surface area contributed by atoms with E-state index < -0.39 is 6.03 Å². The molecule has 10 nitrogen and oxygen atoms in total. The Morgan fingerprint density at radius 2 is 2.06 bits per heavy atom. The molecule has 0 unspecified atom stereocenters. The summed E-state index contributed by atoms with van der Waals surface area (Å²) < 4.78 is 1.68. The molecule has 2 N–H and O–H groups in total. The van der Waals surface area contributed by atoms with Gasteiger partial charge >= 0.3 is 6.03 Å². The number of carbonyl (C=O) groups excluding carboxylic acids is 1. The van der Waals surface area contributed by atoms with Crippen LogP contribution in [-0.2, 0) is 5.41 Å². The number of nitrogens with zero attached hydrogens (tertiary/aromatic N) is 7. The van der Waals surface area contributed by atoms with Crippen LogP contribution < -0.4 is 15.8 Å². The van der Waals surface area contributed by atoms with Crippen LogP contribution in [0.5, 0.6) is 0 Å². The van der Waals surface area contributed by atoms with Crippen LogP contribution in [-0.4, -0.2) is 38.5 Å². The summed E-state index contributed by atoms with van der Waals surface area (Å²) in [6, 6.07) is 2.76. The first-order valence-corrected chi connectivity index (χ1v) is 10.1. The van der Waals surface area contributed by atoms with Crippen molar-refractivity contribution in [2.75, 3.05) is 15.8 Å². The van der Waals surface area contributed by atoms with Crippen LogP contribution in [0.3, 0.4) is 0 Å². The van der Waals surface area contributed by atoms with E-state index in [0.717, 1.165) is 18.5 Å². The van der Waals surface area contributed by atoms with E-state index in [0.29, 0.717) is 22.2 Å². The molecule has 0 radical (unpaired) electrons. The number of hydrazone groups is 2. The number of halogens is 2. The van der Waals surface area contributed by atoms with Crippen molar-refractivity contribution in [2.24, 2.45) is 10.2 Å². The molecule has 1 saturated carbocycles. The molecule has 160 valence electrons. The Balaban J connectivity index is 1.56. The number of rotatable bonds is 6. The Bertz CT molecular complexity index is 1200. The summed E-state index contributed by atoms with van der Waals surface area (Å²) in [4.78, 5) is 21.2. The second kappa shape index (κ2) is 8.12. The van der Waals surface area contributed by atoms with Crippen LogP contribution in [0.4, 0.5) is 22.0 Å². The number of urea groups is 1. The summed E-state index contributed by atoms with van der Waals surface area (Å²) in [5.41, 5.74) is 2.33. The summed E-state index contributed by atoms with van der Waals surface area (Å²) in [5, 5.41) is 19.4. The zero-order valence-corrected chi connectivity index (χ0v) is 18.3. The van der Waals surface area contributed by atoms with E-state index in [4.69, 9.17) is 23.2 Å². The predicted molar refractivity (Wildman–Crippen MR) is 123 cm³/mol. The lowest BCUT2D eigenvalue weighted by atomic mass is 10.0. The van der Waals surface area contributed by atoms with Crippen LogP contribution in [0.1, 0.15) is 32.4 Å². The molecule has 4 rings (SSSR count). The fourth-order valence-corrected chi connectivity index (χ4v) is 3.62. The highest BCUT2D eigenvalue weighted by Crippen LogP contribution is 2.50. The van der Waals surface area contributed by atoms with E-state index in [1.54, 1.807) is 29.8 Å². The molecule has 0 aliphatic heterocycles. The Morgan fingerprint density at radius 1 is 1.29 bits per heavy atom. The van der Waals surface area contributed by atoms with E-state index in [1.807, 2.05) is 0 Å². The van der Waals surface area contributed by atoms with Crippen molar-refractivity contribution in [1.82, 2.24) is 19.6 Å². The van der Waals surface area contributed by atoms with E-state index >= 15 is 0 Å². The highest BCUT2D eigenvalue weighted by atomic mass is 35.5. The third-order valence-corrected chi connectivity index (χ3v) is 5.36. The molecule has 1 aliphatic rings. The maximum Gasteiger partial charge on any atom is 0.323 e. The Kier molecular flexibility index (Phi) is 5.50. The molecule has 0 spiro atoms. The van der Waals surface area contributed by atoms with Gasteiger partial charge in [0, 0.05) is 24.4 Å². The number of anilines is 3. The standard InChI is InChI=1S/C19H19Cl2N9O/c1-4-25-30(22-3)17-12(20)7-11(9-24-17)26-18(31)27-13-10-23-15-8-14(21)28-29(15)16(13)19(2)5-6-19/h4,7-10H,3,5-6H2,1-2H3,(H2,26,27,31)/b25-4-. The molecular formula is C19H19Cl2N9O. The average molecular weight is 460 g/mol. The number of hydrogen-bond donors (Lipinski definition) is 2. The van der Waals surface area contributed by atoms with Crippen LogP contribution in [0.25, 0.3) is 5.65 Å². The molecule has 3 aromatic heterocycles. The molecule has 2 amide bonds. The number of amides is 2. The molecule has 3 aromatic rings. The molecule has 3 heterocycles. The van der Waals surface area contributed by atoms with Crippen LogP contribution in [0.2, 0.25) is 10.2 Å². The first-order valence-electron chi connectivity index (χ1n) is 9.38. The maximum absolute atomic E-state index is 12.7. The zero-order chi connectivity index (χ0) is 22.2. The molecule has 12 heteroatoms. The van der Waals surface area contributed by atoms with Gasteiger partial charge in [-0.1, -0.05) is 30.1 Å². The van der Waals surface area contributed by atoms with Crippen LogP contribution in [0, 0.1) is 0 Å². The lowest BCUT2D eigenvalue weighted by molar-refractivity contribution is 0.262. The highest BCUT2D eigenvalue weighted by molar-refractivity contribution is 6.33. The third kappa shape index (κ3) is 4.17. The largest absolute Gasteiger partial charge is 0.323 e. The molecule has 0 bridgehead atoms. The average Bonchev–Trinajstić information content (AvgIpc) is 3.34. The smallest absolute Gasteiger partial charge is 0.306 e. The van der Waals surface area contributed by atoms with Gasteiger partial charge in [-0.15, -0.1) is 5.12 Å². The van der Waals surface area contributed by atoms with Gasteiger partial charge in [-0.3, -0.25) is 0 Å². The first-order chi connectivity index (χ1) is 14.8. The predicted octanol–water partition coefficient (Wildman–Crippen LogP) is 4.55. The van der Waals surface area contributed by atoms with E-state index in [2.05, 4.69) is 49.5 Å². The van der Waals surface area contributed by atoms with Crippen molar-refractivity contribution in [2.45, 2.75) is 32.1 Å². The quantitative estimate of drug-likeness (QED) is 0.414. The van der Waals surface area contributed by atoms with Crippen molar-refractivity contribution >= 4 is 65.0 Å². The Hall–Kier alpha value is -3.24. The normalized spacial score (nSPS) is 14.6. The van der Waals surface area contributed by atoms with Gasteiger partial charge in [-0.2, -0.15) is 15.3 Å². The van der Waals surface area contributed by atoms with Gasteiger partial charge in [0.1, 0.15) is 0 Å². The van der Waals surface area contributed by atoms with Crippen molar-refractivity contribution in [3.05, 3.63) is 40.4 Å². The van der Waals surface area contributed by atoms with Gasteiger partial charge < -0.3 is 10.6 Å². The fraction of sp³-hybridized carbons (Fsp3) is 0.263. The Labute approximate surface area is 188 Å². The van der Waals surface area contributed by atoms with Crippen molar-refractivity contribution in [3.8, 4) is 0 Å². The monoisotopic (exact) mass is 459 g/mol. The van der Waals surface area contributed by atoms with Gasteiger partial charge in [-0.05, 0) is 25.8 Å². The molecule has 0 aromatic carbocycles. The van der Waals surface area contributed by atoms with Gasteiger partial charge in [0.15, 0.2) is 16.6 Å². The summed E-state index contributed by atoms with van der Waals surface area (Å²) in [7, 11) is 0. The lowest BCUT2D eigenvalue weighted by Gasteiger charge is -2.17. The molecule has 31 heavy (non-hydrogen) atoms. The van der Waals surface area contributed by atoms with E-state index in [1.165, 1.54) is 17.5 Å². The molecular weight excluding hydrogens is 441 g/mol. The maximum atomic E-state index is 12.7. The van der Waals surface area contributed by atoms with Gasteiger partial charge in [0.25, 0.3) is 0 Å². The third-order valence-electron chi connectivity index (χ3n) is 4.90. The lowest BCUT2D eigenvalue weighted by Crippen LogP contribution is -2.23. The number of fused-ring (bicyclic) bond motifs is 1. The molecule has 1 aliphatic carbocycles.